The largest absolute Gasteiger partial charge is 0.494 e. The van der Waals surface area contributed by atoms with Gasteiger partial charge in [0.2, 0.25) is 0 Å². The van der Waals surface area contributed by atoms with Gasteiger partial charge in [0.15, 0.2) is 5.82 Å². The predicted octanol–water partition coefficient (Wildman–Crippen LogP) is 0.714. The van der Waals surface area contributed by atoms with E-state index in [2.05, 4.69) is 10.3 Å². The van der Waals surface area contributed by atoms with Crippen LogP contribution in [0.4, 0.5) is 11.5 Å². The minimum atomic E-state index is 0.539. The number of pyridine rings is 1. The fourth-order valence-electron chi connectivity index (χ4n) is 0.833. The van der Waals surface area contributed by atoms with Gasteiger partial charge in [-0.25, -0.2) is 4.98 Å². The van der Waals surface area contributed by atoms with Crippen LogP contribution >= 0.6 is 0 Å². The van der Waals surface area contributed by atoms with Crippen molar-refractivity contribution in [2.24, 2.45) is 0 Å². The quantitative estimate of drug-likeness (QED) is 0.657. The summed E-state index contributed by atoms with van der Waals surface area (Å²) >= 11 is 0. The molecule has 0 amide bonds. The molecule has 11 heavy (non-hydrogen) atoms. The molecular weight excluding hydrogens is 142 g/mol. The van der Waals surface area contributed by atoms with Crippen molar-refractivity contribution in [3.63, 3.8) is 0 Å². The van der Waals surface area contributed by atoms with E-state index in [9.17, 15) is 0 Å². The SMILES string of the molecule is CNc1nccc(OC)c1N. The number of ether oxygens (including phenoxy) is 1. The summed E-state index contributed by atoms with van der Waals surface area (Å²) in [5, 5.41) is 2.85. The molecule has 0 aliphatic heterocycles. The molecule has 0 aliphatic rings. The third-order valence-electron chi connectivity index (χ3n) is 1.41. The minimum Gasteiger partial charge on any atom is -0.494 e. The number of nitrogens with two attached hydrogens (primary N) is 1. The maximum absolute atomic E-state index is 5.65. The molecule has 0 aromatic carbocycles. The number of hydrogen-bond donors (Lipinski definition) is 2. The zero-order chi connectivity index (χ0) is 8.27. The summed E-state index contributed by atoms with van der Waals surface area (Å²) in [6.07, 6.45) is 1.64. The van der Waals surface area contributed by atoms with Crippen LogP contribution in [-0.4, -0.2) is 19.1 Å². The molecule has 1 heterocycles. The third-order valence-corrected chi connectivity index (χ3v) is 1.41. The Morgan fingerprint density at radius 2 is 2.36 bits per heavy atom. The van der Waals surface area contributed by atoms with Crippen molar-refractivity contribution >= 4 is 11.5 Å². The fraction of sp³-hybridized carbons (Fsp3) is 0.286. The zero-order valence-electron chi connectivity index (χ0n) is 6.59. The van der Waals surface area contributed by atoms with Crippen molar-refractivity contribution in [3.8, 4) is 5.75 Å². The summed E-state index contributed by atoms with van der Waals surface area (Å²) in [5.41, 5.74) is 6.19. The number of hydrogen-bond acceptors (Lipinski definition) is 4. The van der Waals surface area contributed by atoms with Crippen LogP contribution in [0.15, 0.2) is 12.3 Å². The topological polar surface area (TPSA) is 60.2 Å². The third kappa shape index (κ3) is 1.34. The summed E-state index contributed by atoms with van der Waals surface area (Å²) < 4.78 is 4.98. The van der Waals surface area contributed by atoms with Crippen LogP contribution in [0.1, 0.15) is 0 Å². The first-order valence-corrected chi connectivity index (χ1v) is 3.25. The molecule has 0 unspecified atom stereocenters. The second kappa shape index (κ2) is 3.09. The first-order chi connectivity index (χ1) is 5.29. The summed E-state index contributed by atoms with van der Waals surface area (Å²) in [4.78, 5) is 3.99. The molecule has 3 N–H and O–H groups in total. The molecule has 4 nitrogen and oxygen atoms in total. The maximum Gasteiger partial charge on any atom is 0.152 e. The molecule has 1 aromatic rings. The normalized spacial score (nSPS) is 9.27. The molecule has 0 saturated heterocycles. The molecule has 0 atom stereocenters. The number of aromatic nitrogens is 1. The first-order valence-electron chi connectivity index (χ1n) is 3.25. The average molecular weight is 153 g/mol. The number of anilines is 2. The molecule has 0 radical (unpaired) electrons. The van der Waals surface area contributed by atoms with Crippen LogP contribution in [0.5, 0.6) is 5.75 Å². The molecule has 0 aliphatic carbocycles. The molecule has 0 bridgehead atoms. The van der Waals surface area contributed by atoms with Crippen LogP contribution in [-0.2, 0) is 0 Å². The van der Waals surface area contributed by atoms with E-state index in [1.165, 1.54) is 0 Å². The van der Waals surface area contributed by atoms with Gasteiger partial charge in [0.05, 0.1) is 7.11 Å². The minimum absolute atomic E-state index is 0.539. The van der Waals surface area contributed by atoms with Crippen LogP contribution in [0.25, 0.3) is 0 Å². The van der Waals surface area contributed by atoms with Gasteiger partial charge in [-0.1, -0.05) is 0 Å². The Hall–Kier alpha value is -1.45. The molecule has 0 fully saturated rings. The standard InChI is InChI=1S/C7H11N3O/c1-9-7-6(8)5(11-2)3-4-10-7/h3-4H,8H2,1-2H3,(H,9,10). The Bertz CT molecular complexity index is 227. The summed E-state index contributed by atoms with van der Waals surface area (Å²) in [6, 6.07) is 1.72. The first kappa shape index (κ1) is 7.65. The van der Waals surface area contributed by atoms with Gasteiger partial charge in [-0.3, -0.25) is 0 Å². The van der Waals surface area contributed by atoms with E-state index in [1.54, 1.807) is 26.4 Å². The van der Waals surface area contributed by atoms with Crippen LogP contribution in [0.2, 0.25) is 0 Å². The van der Waals surface area contributed by atoms with E-state index in [1.807, 2.05) is 0 Å². The smallest absolute Gasteiger partial charge is 0.152 e. The highest BCUT2D eigenvalue weighted by Crippen LogP contribution is 2.25. The number of nitrogens with zero attached hydrogens (tertiary/aromatic N) is 1. The van der Waals surface area contributed by atoms with Crippen LogP contribution in [0.3, 0.4) is 0 Å². The molecule has 0 spiro atoms. The fourth-order valence-corrected chi connectivity index (χ4v) is 0.833. The second-order valence-electron chi connectivity index (χ2n) is 2.03. The molecular formula is C7H11N3O. The molecule has 1 aromatic heterocycles. The Morgan fingerprint density at radius 1 is 1.64 bits per heavy atom. The van der Waals surface area contributed by atoms with Crippen LogP contribution in [0, 0.1) is 0 Å². The lowest BCUT2D eigenvalue weighted by Crippen LogP contribution is -2.00. The van der Waals surface area contributed by atoms with Gasteiger partial charge < -0.3 is 15.8 Å². The number of nitrogens with one attached hydrogen (secondary N) is 1. The van der Waals surface area contributed by atoms with Crippen molar-refractivity contribution in [1.29, 1.82) is 0 Å². The lowest BCUT2D eigenvalue weighted by molar-refractivity contribution is 0.416. The molecule has 60 valence electrons. The lowest BCUT2D eigenvalue weighted by Gasteiger charge is -2.07. The van der Waals surface area contributed by atoms with E-state index in [0.29, 0.717) is 17.3 Å². The molecule has 0 saturated carbocycles. The predicted molar refractivity (Wildman–Crippen MR) is 44.7 cm³/mol. The van der Waals surface area contributed by atoms with Crippen molar-refractivity contribution in [2.75, 3.05) is 25.2 Å². The van der Waals surface area contributed by atoms with E-state index in [-0.39, 0.29) is 0 Å². The van der Waals surface area contributed by atoms with Crippen molar-refractivity contribution < 1.29 is 4.74 Å². The van der Waals surface area contributed by atoms with E-state index in [0.717, 1.165) is 0 Å². The van der Waals surface area contributed by atoms with E-state index in [4.69, 9.17) is 10.5 Å². The second-order valence-corrected chi connectivity index (χ2v) is 2.03. The van der Waals surface area contributed by atoms with Gasteiger partial charge in [0.25, 0.3) is 0 Å². The number of methoxy groups -OCH3 is 1. The number of nitrogen functional groups attached to an aromatic ring is 1. The highest BCUT2D eigenvalue weighted by molar-refractivity contribution is 5.68. The zero-order valence-corrected chi connectivity index (χ0v) is 6.59. The lowest BCUT2D eigenvalue weighted by atomic mass is 10.3. The monoisotopic (exact) mass is 153 g/mol. The van der Waals surface area contributed by atoms with Gasteiger partial charge in [-0.2, -0.15) is 0 Å². The van der Waals surface area contributed by atoms with Crippen molar-refractivity contribution in [3.05, 3.63) is 12.3 Å². The van der Waals surface area contributed by atoms with Crippen molar-refractivity contribution in [2.45, 2.75) is 0 Å². The Balaban J connectivity index is 3.10. The number of rotatable bonds is 2. The van der Waals surface area contributed by atoms with Crippen molar-refractivity contribution in [1.82, 2.24) is 4.98 Å². The molecule has 4 heteroatoms. The van der Waals surface area contributed by atoms with E-state index < -0.39 is 0 Å². The van der Waals surface area contributed by atoms with Gasteiger partial charge in [-0.05, 0) is 0 Å². The Labute approximate surface area is 65.4 Å². The van der Waals surface area contributed by atoms with Gasteiger partial charge >= 0.3 is 0 Å². The molecule has 1 rings (SSSR count). The highest BCUT2D eigenvalue weighted by atomic mass is 16.5. The van der Waals surface area contributed by atoms with Gasteiger partial charge in [-0.15, -0.1) is 0 Å². The van der Waals surface area contributed by atoms with Gasteiger partial charge in [0.1, 0.15) is 11.4 Å². The average Bonchev–Trinajstić information content (AvgIpc) is 2.05. The van der Waals surface area contributed by atoms with Gasteiger partial charge in [0, 0.05) is 19.3 Å². The summed E-state index contributed by atoms with van der Waals surface area (Å²) in [7, 11) is 3.34. The maximum atomic E-state index is 5.65. The Morgan fingerprint density at radius 3 is 2.91 bits per heavy atom. The summed E-state index contributed by atoms with van der Waals surface area (Å²) in [6.45, 7) is 0. The van der Waals surface area contributed by atoms with Crippen LogP contribution < -0.4 is 15.8 Å². The van der Waals surface area contributed by atoms with E-state index >= 15 is 0 Å². The highest BCUT2D eigenvalue weighted by Gasteiger charge is 2.02. The Kier molecular flexibility index (Phi) is 2.15. The summed E-state index contributed by atoms with van der Waals surface area (Å²) in [5.74, 6) is 1.29.